The Morgan fingerprint density at radius 1 is 0.909 bits per heavy atom. The van der Waals surface area contributed by atoms with Crippen LogP contribution in [0.25, 0.3) is 5.57 Å². The average molecular weight is 291 g/mol. The Hall–Kier alpha value is -3.08. The molecule has 108 valence electrons. The van der Waals surface area contributed by atoms with E-state index < -0.39 is 4.92 Å². The molecule has 1 aliphatic carbocycles. The molecule has 0 saturated carbocycles. The van der Waals surface area contributed by atoms with E-state index in [1.54, 1.807) is 12.1 Å². The van der Waals surface area contributed by atoms with E-state index in [0.29, 0.717) is 5.69 Å². The van der Waals surface area contributed by atoms with Gasteiger partial charge in [-0.2, -0.15) is 10.2 Å². The van der Waals surface area contributed by atoms with Crippen molar-refractivity contribution in [1.82, 2.24) is 0 Å². The van der Waals surface area contributed by atoms with Crippen LogP contribution >= 0.6 is 0 Å². The highest BCUT2D eigenvalue weighted by Crippen LogP contribution is 2.26. The lowest BCUT2D eigenvalue weighted by Gasteiger charge is -2.01. The summed E-state index contributed by atoms with van der Waals surface area (Å²) < 4.78 is 0. The van der Waals surface area contributed by atoms with Crippen molar-refractivity contribution in [2.24, 2.45) is 10.2 Å². The van der Waals surface area contributed by atoms with Gasteiger partial charge in [0.25, 0.3) is 5.69 Å². The fourth-order valence-corrected chi connectivity index (χ4v) is 2.16. The van der Waals surface area contributed by atoms with Crippen molar-refractivity contribution in [2.45, 2.75) is 6.42 Å². The molecule has 1 aliphatic rings. The second kappa shape index (κ2) is 6.13. The molecule has 0 heterocycles. The molecular formula is C17H13N3O2. The molecule has 3 rings (SSSR count). The topological polar surface area (TPSA) is 67.9 Å². The van der Waals surface area contributed by atoms with Crippen LogP contribution in [0.5, 0.6) is 0 Å². The van der Waals surface area contributed by atoms with Crippen LogP contribution in [0.15, 0.2) is 77.0 Å². The molecule has 0 saturated heterocycles. The fraction of sp³-hybridized carbons (Fsp3) is 0.0588. The van der Waals surface area contributed by atoms with Crippen molar-refractivity contribution in [3.8, 4) is 0 Å². The highest BCUT2D eigenvalue weighted by molar-refractivity contribution is 5.71. The Morgan fingerprint density at radius 3 is 2.00 bits per heavy atom. The van der Waals surface area contributed by atoms with Crippen molar-refractivity contribution >= 4 is 22.6 Å². The molecule has 5 heteroatoms. The maximum atomic E-state index is 10.6. The minimum absolute atomic E-state index is 0.0433. The molecule has 0 amide bonds. The zero-order chi connectivity index (χ0) is 15.4. The Labute approximate surface area is 127 Å². The summed E-state index contributed by atoms with van der Waals surface area (Å²) in [5, 5.41) is 18.8. The van der Waals surface area contributed by atoms with Gasteiger partial charge in [0.2, 0.25) is 0 Å². The minimum atomic E-state index is -0.438. The van der Waals surface area contributed by atoms with E-state index >= 15 is 0 Å². The van der Waals surface area contributed by atoms with Gasteiger partial charge in [-0.3, -0.25) is 10.1 Å². The molecule has 5 nitrogen and oxygen atoms in total. The average Bonchev–Trinajstić information content (AvgIpc) is 3.08. The lowest BCUT2D eigenvalue weighted by Crippen LogP contribution is -1.85. The molecule has 22 heavy (non-hydrogen) atoms. The summed E-state index contributed by atoms with van der Waals surface area (Å²) in [7, 11) is 0. The zero-order valence-corrected chi connectivity index (χ0v) is 11.7. The molecule has 0 N–H and O–H groups in total. The van der Waals surface area contributed by atoms with Crippen molar-refractivity contribution in [1.29, 1.82) is 0 Å². The predicted molar refractivity (Wildman–Crippen MR) is 85.4 cm³/mol. The lowest BCUT2D eigenvalue weighted by atomic mass is 10.1. The van der Waals surface area contributed by atoms with Crippen molar-refractivity contribution in [3.63, 3.8) is 0 Å². The summed E-state index contributed by atoms with van der Waals surface area (Å²) in [4.78, 5) is 10.1. The number of nitrogens with zero attached hydrogens (tertiary/aromatic N) is 3. The predicted octanol–water partition coefficient (Wildman–Crippen LogP) is 5.35. The first-order valence-electron chi connectivity index (χ1n) is 6.85. The Morgan fingerprint density at radius 2 is 1.50 bits per heavy atom. The molecule has 0 unspecified atom stereocenters. The molecule has 0 aliphatic heterocycles. The van der Waals surface area contributed by atoms with Crippen LogP contribution in [0.4, 0.5) is 17.1 Å². The molecule has 0 aromatic heterocycles. The van der Waals surface area contributed by atoms with E-state index in [1.807, 2.05) is 24.3 Å². The number of rotatable bonds is 4. The minimum Gasteiger partial charge on any atom is -0.258 e. The number of nitro benzene ring substituents is 1. The smallest absolute Gasteiger partial charge is 0.258 e. The number of benzene rings is 2. The summed E-state index contributed by atoms with van der Waals surface area (Å²) in [6, 6.07) is 13.8. The Balaban J connectivity index is 1.71. The molecule has 2 aromatic carbocycles. The van der Waals surface area contributed by atoms with Crippen LogP contribution in [0.2, 0.25) is 0 Å². The number of azo groups is 1. The number of hydrogen-bond donors (Lipinski definition) is 0. The van der Waals surface area contributed by atoms with Gasteiger partial charge in [-0.15, -0.1) is 0 Å². The first kappa shape index (κ1) is 13.9. The van der Waals surface area contributed by atoms with E-state index in [9.17, 15) is 10.1 Å². The zero-order valence-electron chi connectivity index (χ0n) is 11.7. The standard InChI is InChI=1S/C17H13N3O2/c21-20(22)17-11-9-16(10-12-17)19-18-15-7-5-14(6-8-15)13-3-1-2-4-13/h1-3,5-12H,4H2. The molecule has 0 spiro atoms. The van der Waals surface area contributed by atoms with Gasteiger partial charge < -0.3 is 0 Å². The van der Waals surface area contributed by atoms with Crippen LogP contribution in [0.3, 0.4) is 0 Å². The van der Waals surface area contributed by atoms with Crippen molar-refractivity contribution in [2.75, 3.05) is 0 Å². The first-order chi connectivity index (χ1) is 10.7. The molecular weight excluding hydrogens is 278 g/mol. The summed E-state index contributed by atoms with van der Waals surface area (Å²) >= 11 is 0. The molecule has 2 aromatic rings. The van der Waals surface area contributed by atoms with Crippen LogP contribution in [0, 0.1) is 10.1 Å². The van der Waals surface area contributed by atoms with Crippen LogP contribution in [-0.4, -0.2) is 4.92 Å². The van der Waals surface area contributed by atoms with Gasteiger partial charge in [0.15, 0.2) is 0 Å². The van der Waals surface area contributed by atoms with E-state index in [4.69, 9.17) is 0 Å². The maximum Gasteiger partial charge on any atom is 0.269 e. The molecule has 0 fully saturated rings. The maximum absolute atomic E-state index is 10.6. The van der Waals surface area contributed by atoms with Gasteiger partial charge in [0.1, 0.15) is 0 Å². The Bertz CT molecular complexity index is 773. The summed E-state index contributed by atoms with van der Waals surface area (Å²) in [6.07, 6.45) is 7.24. The molecule has 0 atom stereocenters. The quantitative estimate of drug-likeness (QED) is 0.432. The van der Waals surface area contributed by atoms with Crippen molar-refractivity contribution < 1.29 is 4.92 Å². The highest BCUT2D eigenvalue weighted by atomic mass is 16.6. The molecule has 0 radical (unpaired) electrons. The summed E-state index contributed by atoms with van der Waals surface area (Å²) in [5.74, 6) is 0. The normalized spacial score (nSPS) is 13.5. The van der Waals surface area contributed by atoms with E-state index in [0.717, 1.165) is 12.1 Å². The fourth-order valence-electron chi connectivity index (χ4n) is 2.16. The third-order valence-electron chi connectivity index (χ3n) is 3.35. The second-order valence-corrected chi connectivity index (χ2v) is 4.84. The SMILES string of the molecule is O=[N+]([O-])c1ccc(N=Nc2ccc(C3=CC=CC3)cc2)cc1. The first-order valence-corrected chi connectivity index (χ1v) is 6.85. The van der Waals surface area contributed by atoms with Gasteiger partial charge in [-0.05, 0) is 41.8 Å². The van der Waals surface area contributed by atoms with E-state index in [-0.39, 0.29) is 5.69 Å². The lowest BCUT2D eigenvalue weighted by molar-refractivity contribution is -0.384. The van der Waals surface area contributed by atoms with Gasteiger partial charge in [0.05, 0.1) is 16.3 Å². The second-order valence-electron chi connectivity index (χ2n) is 4.84. The Kier molecular flexibility index (Phi) is 3.87. The van der Waals surface area contributed by atoms with Gasteiger partial charge in [-0.1, -0.05) is 30.4 Å². The van der Waals surface area contributed by atoms with Gasteiger partial charge >= 0.3 is 0 Å². The largest absolute Gasteiger partial charge is 0.269 e. The van der Waals surface area contributed by atoms with Crippen LogP contribution in [-0.2, 0) is 0 Å². The van der Waals surface area contributed by atoms with Crippen LogP contribution < -0.4 is 0 Å². The summed E-state index contributed by atoms with van der Waals surface area (Å²) in [5.41, 5.74) is 3.84. The summed E-state index contributed by atoms with van der Waals surface area (Å²) in [6.45, 7) is 0. The van der Waals surface area contributed by atoms with E-state index in [2.05, 4.69) is 28.5 Å². The van der Waals surface area contributed by atoms with Gasteiger partial charge in [0, 0.05) is 12.1 Å². The number of nitro groups is 1. The number of allylic oxidation sites excluding steroid dienone is 4. The molecule has 0 bridgehead atoms. The highest BCUT2D eigenvalue weighted by Gasteiger charge is 2.04. The van der Waals surface area contributed by atoms with Crippen LogP contribution in [0.1, 0.15) is 12.0 Å². The van der Waals surface area contributed by atoms with E-state index in [1.165, 1.54) is 23.3 Å². The number of hydrogen-bond acceptors (Lipinski definition) is 4. The third kappa shape index (κ3) is 3.15. The monoisotopic (exact) mass is 291 g/mol. The number of non-ortho nitro benzene ring substituents is 1. The third-order valence-corrected chi connectivity index (χ3v) is 3.35. The van der Waals surface area contributed by atoms with Crippen molar-refractivity contribution in [3.05, 3.63) is 82.4 Å². The van der Waals surface area contributed by atoms with Gasteiger partial charge in [-0.25, -0.2) is 0 Å².